The van der Waals surface area contributed by atoms with E-state index < -0.39 is 6.29 Å². The van der Waals surface area contributed by atoms with Crippen molar-refractivity contribution in [2.75, 3.05) is 40.6 Å². The standard InChI is InChI=1S/C19H32O5/c1-21-13-5-3-4-6-16-24-19(20)17-9-11-18(12-10-17)23-15-8-7-14-22-2/h9-12,19-20H,3-8,13-16H2,1-2H3. The van der Waals surface area contributed by atoms with Gasteiger partial charge in [0.1, 0.15) is 5.75 Å². The number of methoxy groups -OCH3 is 2. The van der Waals surface area contributed by atoms with Gasteiger partial charge in [0.05, 0.1) is 13.2 Å². The Kier molecular flexibility index (Phi) is 12.4. The molecule has 0 aliphatic heterocycles. The second-order valence-electron chi connectivity index (χ2n) is 5.75. The number of benzene rings is 1. The molecule has 0 fully saturated rings. The number of hydrogen-bond donors (Lipinski definition) is 1. The van der Waals surface area contributed by atoms with E-state index in [0.29, 0.717) is 13.2 Å². The maximum absolute atomic E-state index is 10.0. The van der Waals surface area contributed by atoms with E-state index in [1.54, 1.807) is 14.2 Å². The van der Waals surface area contributed by atoms with Gasteiger partial charge in [-0.05, 0) is 37.8 Å². The molecular weight excluding hydrogens is 308 g/mol. The molecule has 0 aliphatic carbocycles. The summed E-state index contributed by atoms with van der Waals surface area (Å²) in [5.74, 6) is 0.807. The molecule has 1 N–H and O–H groups in total. The van der Waals surface area contributed by atoms with Gasteiger partial charge < -0.3 is 24.1 Å². The molecule has 1 aromatic carbocycles. The van der Waals surface area contributed by atoms with Crippen LogP contribution < -0.4 is 4.74 Å². The van der Waals surface area contributed by atoms with Crippen molar-refractivity contribution in [2.24, 2.45) is 0 Å². The van der Waals surface area contributed by atoms with Gasteiger partial charge in [-0.3, -0.25) is 0 Å². The summed E-state index contributed by atoms with van der Waals surface area (Å²) in [4.78, 5) is 0. The molecule has 24 heavy (non-hydrogen) atoms. The second-order valence-corrected chi connectivity index (χ2v) is 5.75. The van der Waals surface area contributed by atoms with Crippen LogP contribution in [-0.4, -0.2) is 45.8 Å². The first-order valence-electron chi connectivity index (χ1n) is 8.78. The molecule has 0 bridgehead atoms. The first-order chi connectivity index (χ1) is 11.8. The highest BCUT2D eigenvalue weighted by Crippen LogP contribution is 2.19. The van der Waals surface area contributed by atoms with Crippen LogP contribution in [0.3, 0.4) is 0 Å². The van der Waals surface area contributed by atoms with Gasteiger partial charge in [0.25, 0.3) is 0 Å². The van der Waals surface area contributed by atoms with Crippen molar-refractivity contribution in [1.82, 2.24) is 0 Å². The number of hydrogen-bond acceptors (Lipinski definition) is 5. The summed E-state index contributed by atoms with van der Waals surface area (Å²) in [6.45, 7) is 2.80. The number of ether oxygens (including phenoxy) is 4. The van der Waals surface area contributed by atoms with Gasteiger partial charge in [-0.1, -0.05) is 25.0 Å². The van der Waals surface area contributed by atoms with Gasteiger partial charge in [-0.2, -0.15) is 0 Å². The quantitative estimate of drug-likeness (QED) is 0.390. The van der Waals surface area contributed by atoms with Gasteiger partial charge >= 0.3 is 0 Å². The van der Waals surface area contributed by atoms with Gasteiger partial charge in [-0.25, -0.2) is 0 Å². The number of unbranched alkanes of at least 4 members (excludes halogenated alkanes) is 4. The van der Waals surface area contributed by atoms with E-state index in [1.165, 1.54) is 0 Å². The largest absolute Gasteiger partial charge is 0.494 e. The number of rotatable bonds is 15. The van der Waals surface area contributed by atoms with Crippen molar-refractivity contribution in [3.05, 3.63) is 29.8 Å². The van der Waals surface area contributed by atoms with Gasteiger partial charge in [0.15, 0.2) is 6.29 Å². The number of aliphatic hydroxyl groups is 1. The predicted octanol–water partition coefficient (Wildman–Crippen LogP) is 3.71. The van der Waals surface area contributed by atoms with E-state index in [1.807, 2.05) is 24.3 Å². The summed E-state index contributed by atoms with van der Waals surface area (Å²) >= 11 is 0. The highest BCUT2D eigenvalue weighted by atomic mass is 16.6. The van der Waals surface area contributed by atoms with Crippen LogP contribution in [-0.2, 0) is 14.2 Å². The third-order valence-electron chi connectivity index (χ3n) is 3.70. The van der Waals surface area contributed by atoms with E-state index in [0.717, 1.165) is 63.1 Å². The van der Waals surface area contributed by atoms with Crippen molar-refractivity contribution in [1.29, 1.82) is 0 Å². The molecule has 138 valence electrons. The summed E-state index contributed by atoms with van der Waals surface area (Å²) in [7, 11) is 3.42. The lowest BCUT2D eigenvalue weighted by molar-refractivity contribution is -0.104. The molecule has 0 spiro atoms. The third kappa shape index (κ3) is 9.88. The lowest BCUT2D eigenvalue weighted by atomic mass is 10.2. The average molecular weight is 340 g/mol. The topological polar surface area (TPSA) is 57.2 Å². The van der Waals surface area contributed by atoms with Crippen molar-refractivity contribution >= 4 is 0 Å². The average Bonchev–Trinajstić information content (AvgIpc) is 2.61. The first kappa shape index (κ1) is 20.9. The zero-order chi connectivity index (χ0) is 17.5. The Morgan fingerprint density at radius 2 is 1.29 bits per heavy atom. The normalized spacial score (nSPS) is 12.3. The van der Waals surface area contributed by atoms with E-state index >= 15 is 0 Å². The Balaban J connectivity index is 2.15. The fraction of sp³-hybridized carbons (Fsp3) is 0.684. The molecule has 1 rings (SSSR count). The smallest absolute Gasteiger partial charge is 0.181 e. The maximum Gasteiger partial charge on any atom is 0.181 e. The minimum absolute atomic E-state index is 0.561. The second kappa shape index (κ2) is 14.2. The van der Waals surface area contributed by atoms with Crippen LogP contribution in [0.1, 0.15) is 50.4 Å². The van der Waals surface area contributed by atoms with Crippen LogP contribution in [0.5, 0.6) is 5.75 Å². The van der Waals surface area contributed by atoms with Crippen molar-refractivity contribution in [3.8, 4) is 5.75 Å². The Bertz CT molecular complexity index is 393. The molecule has 0 heterocycles. The van der Waals surface area contributed by atoms with Crippen molar-refractivity contribution in [2.45, 2.75) is 44.8 Å². The van der Waals surface area contributed by atoms with Crippen LogP contribution in [0.4, 0.5) is 0 Å². The Hall–Kier alpha value is -1.14. The van der Waals surface area contributed by atoms with Gasteiger partial charge in [0, 0.05) is 33.0 Å². The summed E-state index contributed by atoms with van der Waals surface area (Å²) in [6, 6.07) is 7.41. The molecule has 0 amide bonds. The zero-order valence-electron chi connectivity index (χ0n) is 15.0. The summed E-state index contributed by atoms with van der Waals surface area (Å²) in [6.07, 6.45) is 5.32. The summed E-state index contributed by atoms with van der Waals surface area (Å²) in [5.41, 5.74) is 0.751. The van der Waals surface area contributed by atoms with Crippen LogP contribution in [0.2, 0.25) is 0 Å². The van der Waals surface area contributed by atoms with Gasteiger partial charge in [0.2, 0.25) is 0 Å². The molecule has 0 saturated carbocycles. The van der Waals surface area contributed by atoms with E-state index in [9.17, 15) is 5.11 Å². The molecule has 1 aromatic rings. The van der Waals surface area contributed by atoms with Crippen LogP contribution in [0.15, 0.2) is 24.3 Å². The van der Waals surface area contributed by atoms with Crippen molar-refractivity contribution < 1.29 is 24.1 Å². The number of aliphatic hydroxyl groups excluding tert-OH is 1. The summed E-state index contributed by atoms with van der Waals surface area (Å²) in [5, 5.41) is 10.0. The van der Waals surface area contributed by atoms with Crippen LogP contribution in [0.25, 0.3) is 0 Å². The van der Waals surface area contributed by atoms with E-state index in [-0.39, 0.29) is 0 Å². The Labute approximate surface area is 145 Å². The highest BCUT2D eigenvalue weighted by Gasteiger charge is 2.07. The maximum atomic E-state index is 10.0. The summed E-state index contributed by atoms with van der Waals surface area (Å²) < 4.78 is 21.1. The third-order valence-corrected chi connectivity index (χ3v) is 3.70. The SMILES string of the molecule is COCCCCCCOC(O)c1ccc(OCCCCOC)cc1. The Morgan fingerprint density at radius 1 is 0.750 bits per heavy atom. The van der Waals surface area contributed by atoms with Crippen LogP contribution >= 0.6 is 0 Å². The highest BCUT2D eigenvalue weighted by molar-refractivity contribution is 5.27. The predicted molar refractivity (Wildman–Crippen MR) is 94.3 cm³/mol. The lowest BCUT2D eigenvalue weighted by Gasteiger charge is -2.13. The molecule has 0 aromatic heterocycles. The molecule has 0 radical (unpaired) electrons. The van der Waals surface area contributed by atoms with Gasteiger partial charge in [-0.15, -0.1) is 0 Å². The van der Waals surface area contributed by atoms with E-state index in [2.05, 4.69) is 0 Å². The molecule has 5 heteroatoms. The fourth-order valence-corrected chi connectivity index (χ4v) is 2.26. The van der Waals surface area contributed by atoms with E-state index in [4.69, 9.17) is 18.9 Å². The first-order valence-corrected chi connectivity index (χ1v) is 8.78. The van der Waals surface area contributed by atoms with Crippen molar-refractivity contribution in [3.63, 3.8) is 0 Å². The molecule has 1 unspecified atom stereocenters. The minimum atomic E-state index is -0.875. The molecule has 0 aliphatic rings. The zero-order valence-corrected chi connectivity index (χ0v) is 15.0. The molecule has 5 nitrogen and oxygen atoms in total. The molecular formula is C19H32O5. The monoisotopic (exact) mass is 340 g/mol. The molecule has 0 saturated heterocycles. The Morgan fingerprint density at radius 3 is 1.92 bits per heavy atom. The van der Waals surface area contributed by atoms with Crippen LogP contribution in [0, 0.1) is 0 Å². The molecule has 1 atom stereocenters. The minimum Gasteiger partial charge on any atom is -0.494 e. The lowest BCUT2D eigenvalue weighted by Crippen LogP contribution is -2.05. The fourth-order valence-electron chi connectivity index (χ4n) is 2.26.